The van der Waals surface area contributed by atoms with Crippen molar-refractivity contribution < 1.29 is 4.74 Å². The number of hydrogen-bond acceptors (Lipinski definition) is 3. The molecule has 0 amide bonds. The van der Waals surface area contributed by atoms with Crippen LogP contribution in [0.1, 0.15) is 30.5 Å². The first-order chi connectivity index (χ1) is 12.0. The average molecular weight is 330 g/mol. The van der Waals surface area contributed by atoms with Gasteiger partial charge in [0.1, 0.15) is 11.4 Å². The first-order valence-corrected chi connectivity index (χ1v) is 8.62. The molecule has 0 spiro atoms. The number of ether oxygens (including phenoxy) is 1. The van der Waals surface area contributed by atoms with Gasteiger partial charge in [-0.3, -0.25) is 4.98 Å². The number of nitrogens with two attached hydrogens (primary N) is 1. The lowest BCUT2D eigenvalue weighted by Gasteiger charge is -2.19. The van der Waals surface area contributed by atoms with E-state index in [-0.39, 0.29) is 5.60 Å². The van der Waals surface area contributed by atoms with Crippen LogP contribution >= 0.6 is 0 Å². The molecule has 0 fully saturated rings. The SMILES string of the molecule is CC1(C)Cc2cccc(Cc3c(N)ccnc3-c3ccccc3)c2O1. The van der Waals surface area contributed by atoms with Gasteiger partial charge in [0.05, 0.1) is 5.69 Å². The van der Waals surface area contributed by atoms with Gasteiger partial charge in [-0.05, 0) is 31.0 Å². The summed E-state index contributed by atoms with van der Waals surface area (Å²) in [5, 5.41) is 0. The third-order valence-electron chi connectivity index (χ3n) is 4.68. The zero-order valence-electron chi connectivity index (χ0n) is 14.6. The summed E-state index contributed by atoms with van der Waals surface area (Å²) in [4.78, 5) is 4.61. The second-order valence-corrected chi connectivity index (χ2v) is 7.21. The molecular formula is C22H22N2O. The standard InChI is InChI=1S/C22H22N2O/c1-22(2)14-17-10-6-9-16(21(17)25-22)13-18-19(23)11-12-24-20(18)15-7-4-3-5-8-15/h3-12H,13-14H2,1-2H3,(H2,23,24). The molecule has 25 heavy (non-hydrogen) atoms. The van der Waals surface area contributed by atoms with Crippen LogP contribution in [0.15, 0.2) is 60.8 Å². The second kappa shape index (κ2) is 5.92. The second-order valence-electron chi connectivity index (χ2n) is 7.21. The van der Waals surface area contributed by atoms with Gasteiger partial charge in [-0.25, -0.2) is 0 Å². The van der Waals surface area contributed by atoms with Crippen LogP contribution in [-0.4, -0.2) is 10.6 Å². The molecule has 4 rings (SSSR count). The summed E-state index contributed by atoms with van der Waals surface area (Å²) in [5.41, 5.74) is 12.4. The lowest BCUT2D eigenvalue weighted by molar-refractivity contribution is 0.137. The summed E-state index contributed by atoms with van der Waals surface area (Å²) in [5.74, 6) is 1.01. The van der Waals surface area contributed by atoms with E-state index in [9.17, 15) is 0 Å². The van der Waals surface area contributed by atoms with Crippen molar-refractivity contribution in [2.75, 3.05) is 5.73 Å². The van der Waals surface area contributed by atoms with E-state index < -0.39 is 0 Å². The molecule has 0 atom stereocenters. The molecule has 3 aromatic rings. The van der Waals surface area contributed by atoms with Crippen molar-refractivity contribution in [1.29, 1.82) is 0 Å². The van der Waals surface area contributed by atoms with Gasteiger partial charge in [0.15, 0.2) is 0 Å². The number of para-hydroxylation sites is 1. The summed E-state index contributed by atoms with van der Waals surface area (Å²) in [6.45, 7) is 4.26. The van der Waals surface area contributed by atoms with E-state index >= 15 is 0 Å². The molecule has 0 unspecified atom stereocenters. The number of pyridine rings is 1. The number of fused-ring (bicyclic) bond motifs is 1. The normalized spacial score (nSPS) is 14.8. The Balaban J connectivity index is 1.78. The van der Waals surface area contributed by atoms with Gasteiger partial charge < -0.3 is 10.5 Å². The van der Waals surface area contributed by atoms with Gasteiger partial charge in [0.25, 0.3) is 0 Å². The van der Waals surface area contributed by atoms with E-state index in [0.29, 0.717) is 6.42 Å². The molecule has 0 saturated heterocycles. The summed E-state index contributed by atoms with van der Waals surface area (Å²) in [6, 6.07) is 18.4. The summed E-state index contributed by atoms with van der Waals surface area (Å²) in [7, 11) is 0. The van der Waals surface area contributed by atoms with Crippen molar-refractivity contribution in [3.8, 4) is 17.0 Å². The van der Waals surface area contributed by atoms with E-state index in [2.05, 4.69) is 49.2 Å². The minimum atomic E-state index is -0.152. The molecular weight excluding hydrogens is 308 g/mol. The van der Waals surface area contributed by atoms with Crippen LogP contribution in [0.3, 0.4) is 0 Å². The maximum atomic E-state index is 6.32. The van der Waals surface area contributed by atoms with Crippen molar-refractivity contribution in [2.45, 2.75) is 32.3 Å². The molecule has 0 radical (unpaired) electrons. The topological polar surface area (TPSA) is 48.1 Å². The molecule has 126 valence electrons. The molecule has 1 aromatic heterocycles. The molecule has 0 bridgehead atoms. The zero-order valence-corrected chi connectivity index (χ0v) is 14.6. The van der Waals surface area contributed by atoms with Gasteiger partial charge in [-0.1, -0.05) is 48.5 Å². The highest BCUT2D eigenvalue weighted by Crippen LogP contribution is 2.39. The first-order valence-electron chi connectivity index (χ1n) is 8.62. The lowest BCUT2D eigenvalue weighted by Crippen LogP contribution is -2.24. The average Bonchev–Trinajstić information content (AvgIpc) is 2.92. The van der Waals surface area contributed by atoms with Gasteiger partial charge in [-0.15, -0.1) is 0 Å². The molecule has 1 aliphatic heterocycles. The third-order valence-corrected chi connectivity index (χ3v) is 4.68. The number of benzene rings is 2. The quantitative estimate of drug-likeness (QED) is 0.761. The predicted molar refractivity (Wildman–Crippen MR) is 102 cm³/mol. The van der Waals surface area contributed by atoms with Crippen LogP contribution in [0.2, 0.25) is 0 Å². The Morgan fingerprint density at radius 3 is 2.64 bits per heavy atom. The maximum absolute atomic E-state index is 6.32. The fourth-order valence-corrected chi connectivity index (χ4v) is 3.55. The Bertz CT molecular complexity index is 917. The van der Waals surface area contributed by atoms with Crippen LogP contribution in [0.5, 0.6) is 5.75 Å². The predicted octanol–water partition coefficient (Wildman–Crippen LogP) is 4.64. The maximum Gasteiger partial charge on any atom is 0.126 e. The number of anilines is 1. The highest BCUT2D eigenvalue weighted by molar-refractivity contribution is 5.70. The number of rotatable bonds is 3. The first kappa shape index (κ1) is 15.7. The van der Waals surface area contributed by atoms with Gasteiger partial charge >= 0.3 is 0 Å². The fourth-order valence-electron chi connectivity index (χ4n) is 3.55. The zero-order chi connectivity index (χ0) is 17.4. The highest BCUT2D eigenvalue weighted by atomic mass is 16.5. The number of aromatic nitrogens is 1. The summed E-state index contributed by atoms with van der Waals surface area (Å²) in [6.07, 6.45) is 3.42. The van der Waals surface area contributed by atoms with Crippen LogP contribution in [-0.2, 0) is 12.8 Å². The van der Waals surface area contributed by atoms with Crippen LogP contribution in [0.4, 0.5) is 5.69 Å². The Hall–Kier alpha value is -2.81. The molecule has 1 aliphatic rings. The Kier molecular flexibility index (Phi) is 3.72. The third kappa shape index (κ3) is 2.98. The van der Waals surface area contributed by atoms with E-state index in [1.807, 2.05) is 24.3 Å². The molecule has 0 saturated carbocycles. The van der Waals surface area contributed by atoms with Crippen LogP contribution in [0, 0.1) is 0 Å². The van der Waals surface area contributed by atoms with Crippen molar-refractivity contribution >= 4 is 5.69 Å². The van der Waals surface area contributed by atoms with Crippen molar-refractivity contribution in [1.82, 2.24) is 4.98 Å². The van der Waals surface area contributed by atoms with Gasteiger partial charge in [0.2, 0.25) is 0 Å². The number of nitrogens with zero attached hydrogens (tertiary/aromatic N) is 1. The van der Waals surface area contributed by atoms with Gasteiger partial charge in [0, 0.05) is 35.9 Å². The molecule has 3 heteroatoms. The van der Waals surface area contributed by atoms with Crippen molar-refractivity contribution in [2.24, 2.45) is 0 Å². The summed E-state index contributed by atoms with van der Waals surface area (Å²) >= 11 is 0. The van der Waals surface area contributed by atoms with E-state index in [0.717, 1.165) is 34.7 Å². The van der Waals surface area contributed by atoms with E-state index in [1.165, 1.54) is 11.1 Å². The summed E-state index contributed by atoms with van der Waals surface area (Å²) < 4.78 is 6.22. The van der Waals surface area contributed by atoms with Crippen LogP contribution < -0.4 is 10.5 Å². The lowest BCUT2D eigenvalue weighted by atomic mass is 9.95. The number of hydrogen-bond donors (Lipinski definition) is 1. The smallest absolute Gasteiger partial charge is 0.126 e. The number of nitrogen functional groups attached to an aromatic ring is 1. The molecule has 3 nitrogen and oxygen atoms in total. The molecule has 2 heterocycles. The van der Waals surface area contributed by atoms with E-state index in [4.69, 9.17) is 10.5 Å². The monoisotopic (exact) mass is 330 g/mol. The van der Waals surface area contributed by atoms with Crippen LogP contribution in [0.25, 0.3) is 11.3 Å². The molecule has 2 aromatic carbocycles. The minimum absolute atomic E-state index is 0.152. The van der Waals surface area contributed by atoms with Crippen molar-refractivity contribution in [3.05, 3.63) is 77.5 Å². The Morgan fingerprint density at radius 1 is 1.04 bits per heavy atom. The molecule has 2 N–H and O–H groups in total. The van der Waals surface area contributed by atoms with Crippen molar-refractivity contribution in [3.63, 3.8) is 0 Å². The van der Waals surface area contributed by atoms with Gasteiger partial charge in [-0.2, -0.15) is 0 Å². The Labute approximate surface area is 148 Å². The molecule has 0 aliphatic carbocycles. The Morgan fingerprint density at radius 2 is 1.84 bits per heavy atom. The minimum Gasteiger partial charge on any atom is -0.487 e. The fraction of sp³-hybridized carbons (Fsp3) is 0.227. The highest BCUT2D eigenvalue weighted by Gasteiger charge is 2.31. The van der Waals surface area contributed by atoms with E-state index in [1.54, 1.807) is 6.20 Å². The largest absolute Gasteiger partial charge is 0.487 e.